The summed E-state index contributed by atoms with van der Waals surface area (Å²) >= 11 is 0. The molecule has 5 nitrogen and oxygen atoms in total. The molecule has 0 aromatic heterocycles. The van der Waals surface area contributed by atoms with Gasteiger partial charge in [-0.3, -0.25) is 4.90 Å². The van der Waals surface area contributed by atoms with E-state index in [1.807, 2.05) is 0 Å². The zero-order valence-electron chi connectivity index (χ0n) is 11.1. The molecule has 1 aliphatic rings. The van der Waals surface area contributed by atoms with Crippen LogP contribution in [-0.4, -0.2) is 52.8 Å². The molecular weight excluding hydrogens is 302 g/mol. The van der Waals surface area contributed by atoms with E-state index in [0.29, 0.717) is 12.4 Å². The lowest BCUT2D eigenvalue weighted by Crippen LogP contribution is -2.37. The van der Waals surface area contributed by atoms with Crippen molar-refractivity contribution < 1.29 is 17.9 Å². The van der Waals surface area contributed by atoms with Gasteiger partial charge in [0, 0.05) is 30.3 Å². The maximum atomic E-state index is 11.1. The fourth-order valence-corrected chi connectivity index (χ4v) is 2.77. The van der Waals surface area contributed by atoms with Gasteiger partial charge in [0.1, 0.15) is 5.75 Å². The second-order valence-electron chi connectivity index (χ2n) is 4.57. The first-order chi connectivity index (χ1) is 9.55. The van der Waals surface area contributed by atoms with Crippen molar-refractivity contribution in [2.75, 3.05) is 39.5 Å². The first-order valence-corrected chi connectivity index (χ1v) is 8.84. The number of halogens is 1. The van der Waals surface area contributed by atoms with E-state index in [4.69, 9.17) is 20.2 Å². The van der Waals surface area contributed by atoms with E-state index in [1.54, 1.807) is 12.1 Å². The van der Waals surface area contributed by atoms with Crippen LogP contribution in [-0.2, 0) is 13.8 Å². The van der Waals surface area contributed by atoms with Crippen molar-refractivity contribution in [3.8, 4) is 5.75 Å². The maximum absolute atomic E-state index is 11.1. The Balaban J connectivity index is 1.71. The van der Waals surface area contributed by atoms with Crippen LogP contribution in [0.15, 0.2) is 29.2 Å². The average Bonchev–Trinajstić information content (AvgIpc) is 2.44. The number of hydrogen-bond donors (Lipinski definition) is 0. The van der Waals surface area contributed by atoms with Crippen LogP contribution in [0.2, 0.25) is 0 Å². The molecule has 0 N–H and O–H groups in total. The minimum atomic E-state index is -3.66. The zero-order chi connectivity index (χ0) is 14.4. The van der Waals surface area contributed by atoms with Crippen LogP contribution in [0.3, 0.4) is 0 Å². The third-order valence-corrected chi connectivity index (χ3v) is 4.47. The summed E-state index contributed by atoms with van der Waals surface area (Å²) in [5, 5.41) is 0. The maximum Gasteiger partial charge on any atom is 0.261 e. The molecule has 0 amide bonds. The van der Waals surface area contributed by atoms with Gasteiger partial charge in [-0.2, -0.15) is 0 Å². The van der Waals surface area contributed by atoms with Crippen LogP contribution in [0.1, 0.15) is 6.42 Å². The minimum absolute atomic E-state index is 0.0832. The molecule has 0 bridgehead atoms. The Kier molecular flexibility index (Phi) is 5.65. The minimum Gasteiger partial charge on any atom is -0.494 e. The summed E-state index contributed by atoms with van der Waals surface area (Å²) < 4.78 is 33.0. The molecular formula is C13H18ClNO4S. The van der Waals surface area contributed by atoms with Gasteiger partial charge in [-0.15, -0.1) is 0 Å². The van der Waals surface area contributed by atoms with Crippen molar-refractivity contribution in [2.24, 2.45) is 0 Å². The monoisotopic (exact) mass is 319 g/mol. The highest BCUT2D eigenvalue weighted by atomic mass is 35.7. The number of benzene rings is 1. The summed E-state index contributed by atoms with van der Waals surface area (Å²) in [5.41, 5.74) is 0. The predicted molar refractivity (Wildman–Crippen MR) is 76.9 cm³/mol. The van der Waals surface area contributed by atoms with E-state index in [0.717, 1.165) is 39.3 Å². The molecule has 0 atom stereocenters. The lowest BCUT2D eigenvalue weighted by Gasteiger charge is -2.26. The van der Waals surface area contributed by atoms with Crippen LogP contribution in [0.25, 0.3) is 0 Å². The van der Waals surface area contributed by atoms with Crippen molar-refractivity contribution in [3.05, 3.63) is 24.3 Å². The summed E-state index contributed by atoms with van der Waals surface area (Å²) in [6, 6.07) is 6.12. The van der Waals surface area contributed by atoms with Gasteiger partial charge in [0.25, 0.3) is 9.05 Å². The van der Waals surface area contributed by atoms with E-state index < -0.39 is 9.05 Å². The molecule has 1 heterocycles. The van der Waals surface area contributed by atoms with Crippen LogP contribution in [0.4, 0.5) is 0 Å². The molecule has 0 radical (unpaired) electrons. The first kappa shape index (κ1) is 15.6. The van der Waals surface area contributed by atoms with Crippen molar-refractivity contribution >= 4 is 19.7 Å². The Hall–Kier alpha value is -0.820. The van der Waals surface area contributed by atoms with Gasteiger partial charge in [-0.05, 0) is 30.7 Å². The fourth-order valence-electron chi connectivity index (χ4n) is 2.00. The molecule has 1 aliphatic heterocycles. The third-order valence-electron chi connectivity index (χ3n) is 3.10. The van der Waals surface area contributed by atoms with Crippen LogP contribution in [0.5, 0.6) is 5.75 Å². The van der Waals surface area contributed by atoms with E-state index in [9.17, 15) is 8.42 Å². The number of hydrogen-bond acceptors (Lipinski definition) is 5. The van der Waals surface area contributed by atoms with Crippen LogP contribution in [0, 0.1) is 0 Å². The number of rotatable bonds is 6. The molecule has 1 fully saturated rings. The highest BCUT2D eigenvalue weighted by molar-refractivity contribution is 8.13. The Morgan fingerprint density at radius 1 is 1.20 bits per heavy atom. The Morgan fingerprint density at radius 2 is 1.85 bits per heavy atom. The van der Waals surface area contributed by atoms with Crippen LogP contribution >= 0.6 is 10.7 Å². The molecule has 20 heavy (non-hydrogen) atoms. The summed E-state index contributed by atoms with van der Waals surface area (Å²) in [6.45, 7) is 5.14. The van der Waals surface area contributed by atoms with Gasteiger partial charge < -0.3 is 9.47 Å². The summed E-state index contributed by atoms with van der Waals surface area (Å²) in [4.78, 5) is 2.43. The number of nitrogens with zero attached hydrogens (tertiary/aromatic N) is 1. The van der Waals surface area contributed by atoms with E-state index in [2.05, 4.69) is 4.90 Å². The first-order valence-electron chi connectivity index (χ1n) is 6.53. The van der Waals surface area contributed by atoms with Gasteiger partial charge in [0.2, 0.25) is 0 Å². The second kappa shape index (κ2) is 7.26. The third kappa shape index (κ3) is 4.94. The largest absolute Gasteiger partial charge is 0.494 e. The molecule has 0 spiro atoms. The lowest BCUT2D eigenvalue weighted by atomic mass is 10.3. The predicted octanol–water partition coefficient (Wildman–Crippen LogP) is 1.72. The molecule has 7 heteroatoms. The summed E-state index contributed by atoms with van der Waals surface area (Å²) in [7, 11) is 1.58. The average molecular weight is 320 g/mol. The van der Waals surface area contributed by atoms with E-state index in [1.165, 1.54) is 12.1 Å². The molecule has 0 unspecified atom stereocenters. The van der Waals surface area contributed by atoms with Gasteiger partial charge in [0.05, 0.1) is 24.7 Å². The molecule has 112 valence electrons. The molecule has 1 saturated heterocycles. The SMILES string of the molecule is O=S(=O)(Cl)c1ccc(OCCCN2CCOCC2)cc1. The smallest absolute Gasteiger partial charge is 0.261 e. The highest BCUT2D eigenvalue weighted by Gasteiger charge is 2.10. The number of morpholine rings is 1. The summed E-state index contributed by atoms with van der Waals surface area (Å²) in [6.07, 6.45) is 0.926. The normalized spacial score (nSPS) is 17.1. The Morgan fingerprint density at radius 3 is 2.45 bits per heavy atom. The number of ether oxygens (including phenoxy) is 2. The van der Waals surface area contributed by atoms with Gasteiger partial charge >= 0.3 is 0 Å². The summed E-state index contributed by atoms with van der Waals surface area (Å²) in [5.74, 6) is 0.649. The van der Waals surface area contributed by atoms with Crippen molar-refractivity contribution in [3.63, 3.8) is 0 Å². The van der Waals surface area contributed by atoms with Crippen molar-refractivity contribution in [2.45, 2.75) is 11.3 Å². The van der Waals surface area contributed by atoms with Crippen LogP contribution < -0.4 is 4.74 Å². The van der Waals surface area contributed by atoms with Gasteiger partial charge in [0.15, 0.2) is 0 Å². The second-order valence-corrected chi connectivity index (χ2v) is 7.13. The topological polar surface area (TPSA) is 55.8 Å². The highest BCUT2D eigenvalue weighted by Crippen LogP contribution is 2.19. The van der Waals surface area contributed by atoms with E-state index >= 15 is 0 Å². The fraction of sp³-hybridized carbons (Fsp3) is 0.538. The lowest BCUT2D eigenvalue weighted by molar-refractivity contribution is 0.0358. The van der Waals surface area contributed by atoms with Gasteiger partial charge in [-0.25, -0.2) is 8.42 Å². The van der Waals surface area contributed by atoms with Crippen molar-refractivity contribution in [1.29, 1.82) is 0 Å². The molecule has 1 aromatic rings. The Bertz CT molecular complexity index is 512. The standard InChI is InChI=1S/C13H18ClNO4S/c14-20(16,17)13-4-2-12(3-5-13)19-9-1-6-15-7-10-18-11-8-15/h2-5H,1,6-11H2. The molecule has 0 aliphatic carbocycles. The molecule has 0 saturated carbocycles. The van der Waals surface area contributed by atoms with Crippen molar-refractivity contribution in [1.82, 2.24) is 4.90 Å². The quantitative estimate of drug-likeness (QED) is 0.590. The van der Waals surface area contributed by atoms with Gasteiger partial charge in [-0.1, -0.05) is 0 Å². The Labute approximate surface area is 123 Å². The van der Waals surface area contributed by atoms with E-state index in [-0.39, 0.29) is 4.90 Å². The zero-order valence-corrected chi connectivity index (χ0v) is 12.7. The molecule has 2 rings (SSSR count). The molecule has 1 aromatic carbocycles.